The molecule has 3 aromatic rings. The van der Waals surface area contributed by atoms with Gasteiger partial charge >= 0.3 is 0 Å². The van der Waals surface area contributed by atoms with Crippen molar-refractivity contribution in [2.75, 3.05) is 29.1 Å². The van der Waals surface area contributed by atoms with Gasteiger partial charge in [0.25, 0.3) is 5.91 Å². The van der Waals surface area contributed by atoms with Gasteiger partial charge in [-0.15, -0.1) is 0 Å². The van der Waals surface area contributed by atoms with Crippen LogP contribution in [0.5, 0.6) is 0 Å². The summed E-state index contributed by atoms with van der Waals surface area (Å²) in [6.07, 6.45) is 6.17. The molecule has 2 heterocycles. The number of rotatable bonds is 7. The fourth-order valence-corrected chi connectivity index (χ4v) is 2.76. The zero-order chi connectivity index (χ0) is 20.6. The molecule has 1 aromatic carbocycles. The summed E-state index contributed by atoms with van der Waals surface area (Å²) in [5.41, 5.74) is 3.80. The molecule has 0 bridgehead atoms. The maximum Gasteiger partial charge on any atom is 0.274 e. The SMILES string of the molecule is CC(=O)Nc1ccc(NC(=O)c2ccc(N(C)CCc3ccncc3)cn2)cc1. The highest BCUT2D eigenvalue weighted by molar-refractivity contribution is 6.03. The van der Waals surface area contributed by atoms with Crippen LogP contribution in [0, 0.1) is 0 Å². The Bertz CT molecular complexity index is 957. The Morgan fingerprint density at radius 3 is 2.17 bits per heavy atom. The van der Waals surface area contributed by atoms with Crippen molar-refractivity contribution in [2.45, 2.75) is 13.3 Å². The van der Waals surface area contributed by atoms with Crippen LogP contribution in [0.3, 0.4) is 0 Å². The van der Waals surface area contributed by atoms with Gasteiger partial charge in [0.1, 0.15) is 5.69 Å². The van der Waals surface area contributed by atoms with Gasteiger partial charge in [-0.3, -0.25) is 14.6 Å². The van der Waals surface area contributed by atoms with Gasteiger partial charge in [-0.1, -0.05) is 0 Å². The second-order valence-electron chi connectivity index (χ2n) is 6.64. The molecule has 0 spiro atoms. The first-order valence-electron chi connectivity index (χ1n) is 9.26. The maximum absolute atomic E-state index is 12.4. The minimum atomic E-state index is -0.289. The molecule has 2 N–H and O–H groups in total. The van der Waals surface area contributed by atoms with Crippen LogP contribution in [0.4, 0.5) is 17.1 Å². The third-order valence-corrected chi connectivity index (χ3v) is 4.37. The number of nitrogens with one attached hydrogen (secondary N) is 2. The largest absolute Gasteiger partial charge is 0.373 e. The Labute approximate surface area is 169 Å². The van der Waals surface area contributed by atoms with Crippen molar-refractivity contribution in [2.24, 2.45) is 0 Å². The number of aromatic nitrogens is 2. The van der Waals surface area contributed by atoms with Crippen LogP contribution in [0.2, 0.25) is 0 Å². The summed E-state index contributed by atoms with van der Waals surface area (Å²) in [5.74, 6) is -0.430. The van der Waals surface area contributed by atoms with Crippen molar-refractivity contribution in [3.8, 4) is 0 Å². The van der Waals surface area contributed by atoms with E-state index in [9.17, 15) is 9.59 Å². The molecule has 0 radical (unpaired) electrons. The molecule has 7 heteroatoms. The van der Waals surface area contributed by atoms with Crippen LogP contribution in [0.1, 0.15) is 23.0 Å². The molecule has 0 atom stereocenters. The molecule has 0 unspecified atom stereocenters. The van der Waals surface area contributed by atoms with Crippen molar-refractivity contribution in [3.05, 3.63) is 78.4 Å². The van der Waals surface area contributed by atoms with E-state index in [0.717, 1.165) is 18.7 Å². The maximum atomic E-state index is 12.4. The van der Waals surface area contributed by atoms with Crippen LogP contribution in [0.25, 0.3) is 0 Å². The molecular formula is C22H23N5O2. The van der Waals surface area contributed by atoms with E-state index >= 15 is 0 Å². The van der Waals surface area contributed by atoms with Crippen molar-refractivity contribution in [1.29, 1.82) is 0 Å². The first kappa shape index (κ1) is 20.0. The van der Waals surface area contributed by atoms with Gasteiger partial charge in [0.05, 0.1) is 11.9 Å². The lowest BCUT2D eigenvalue weighted by atomic mass is 10.2. The van der Waals surface area contributed by atoms with Crippen molar-refractivity contribution >= 4 is 28.9 Å². The van der Waals surface area contributed by atoms with Gasteiger partial charge in [-0.25, -0.2) is 4.98 Å². The highest BCUT2D eigenvalue weighted by atomic mass is 16.2. The van der Waals surface area contributed by atoms with Gasteiger partial charge in [0.15, 0.2) is 0 Å². The molecule has 2 aromatic heterocycles. The van der Waals surface area contributed by atoms with Crippen LogP contribution >= 0.6 is 0 Å². The number of nitrogens with zero attached hydrogens (tertiary/aromatic N) is 3. The molecule has 2 amide bonds. The molecule has 0 fully saturated rings. The summed E-state index contributed by atoms with van der Waals surface area (Å²) in [4.78, 5) is 33.9. The minimum Gasteiger partial charge on any atom is -0.373 e. The van der Waals surface area contributed by atoms with E-state index in [0.29, 0.717) is 17.1 Å². The number of carbonyl (C=O) groups excluding carboxylic acids is 2. The molecular weight excluding hydrogens is 366 g/mol. The number of hydrogen-bond donors (Lipinski definition) is 2. The topological polar surface area (TPSA) is 87.2 Å². The number of likely N-dealkylation sites (N-methyl/N-ethyl adjacent to an activating group) is 1. The fraction of sp³-hybridized carbons (Fsp3) is 0.182. The number of pyridine rings is 2. The Kier molecular flexibility index (Phi) is 6.52. The number of amides is 2. The monoisotopic (exact) mass is 389 g/mol. The summed E-state index contributed by atoms with van der Waals surface area (Å²) in [6.45, 7) is 2.28. The Balaban J connectivity index is 1.56. The molecule has 7 nitrogen and oxygen atoms in total. The van der Waals surface area contributed by atoms with Crippen molar-refractivity contribution in [3.63, 3.8) is 0 Å². The van der Waals surface area contributed by atoms with Crippen molar-refractivity contribution in [1.82, 2.24) is 9.97 Å². The Morgan fingerprint density at radius 1 is 0.931 bits per heavy atom. The van der Waals surface area contributed by atoms with Gasteiger partial charge in [0, 0.05) is 44.3 Å². The van der Waals surface area contributed by atoms with Gasteiger partial charge < -0.3 is 15.5 Å². The van der Waals surface area contributed by atoms with Crippen molar-refractivity contribution < 1.29 is 9.59 Å². The lowest BCUT2D eigenvalue weighted by Crippen LogP contribution is -2.21. The standard InChI is InChI=1S/C22H23N5O2/c1-16(28)25-18-3-5-19(6-4-18)26-22(29)21-8-7-20(15-24-21)27(2)14-11-17-9-12-23-13-10-17/h3-10,12-13,15H,11,14H2,1-2H3,(H,25,28)(H,26,29). The summed E-state index contributed by atoms with van der Waals surface area (Å²) < 4.78 is 0. The molecule has 29 heavy (non-hydrogen) atoms. The lowest BCUT2D eigenvalue weighted by molar-refractivity contribution is -0.114. The highest BCUT2D eigenvalue weighted by Crippen LogP contribution is 2.16. The number of carbonyl (C=O) groups is 2. The zero-order valence-corrected chi connectivity index (χ0v) is 16.4. The quantitative estimate of drug-likeness (QED) is 0.647. The van der Waals surface area contributed by atoms with E-state index in [4.69, 9.17) is 0 Å². The smallest absolute Gasteiger partial charge is 0.274 e. The number of anilines is 3. The van der Waals surface area contributed by atoms with E-state index < -0.39 is 0 Å². The summed E-state index contributed by atoms with van der Waals surface area (Å²) in [5, 5.41) is 5.48. The van der Waals surface area contributed by atoms with Crippen LogP contribution in [0.15, 0.2) is 67.1 Å². The molecule has 0 saturated carbocycles. The predicted octanol–water partition coefficient (Wildman–Crippen LogP) is 3.37. The molecule has 148 valence electrons. The zero-order valence-electron chi connectivity index (χ0n) is 16.4. The average molecular weight is 389 g/mol. The molecule has 0 saturated heterocycles. The Morgan fingerprint density at radius 2 is 1.59 bits per heavy atom. The van der Waals surface area contributed by atoms with Crippen LogP contribution in [-0.2, 0) is 11.2 Å². The van der Waals surface area contributed by atoms with Gasteiger partial charge in [-0.2, -0.15) is 0 Å². The van der Waals surface area contributed by atoms with Gasteiger partial charge in [-0.05, 0) is 60.5 Å². The summed E-state index contributed by atoms with van der Waals surface area (Å²) >= 11 is 0. The second kappa shape index (κ2) is 9.45. The average Bonchev–Trinajstić information content (AvgIpc) is 2.74. The first-order chi connectivity index (χ1) is 14.0. The fourth-order valence-electron chi connectivity index (χ4n) is 2.76. The third-order valence-electron chi connectivity index (χ3n) is 4.37. The summed E-state index contributed by atoms with van der Waals surface area (Å²) in [6, 6.07) is 14.5. The number of hydrogen-bond acceptors (Lipinski definition) is 5. The predicted molar refractivity (Wildman–Crippen MR) is 114 cm³/mol. The minimum absolute atomic E-state index is 0.142. The molecule has 0 aliphatic rings. The normalized spacial score (nSPS) is 10.3. The molecule has 0 aliphatic heterocycles. The van der Waals surface area contributed by atoms with E-state index in [1.807, 2.05) is 25.2 Å². The summed E-state index contributed by atoms with van der Waals surface area (Å²) in [7, 11) is 1.99. The van der Waals surface area contributed by atoms with E-state index in [1.165, 1.54) is 12.5 Å². The lowest BCUT2D eigenvalue weighted by Gasteiger charge is -2.19. The van der Waals surface area contributed by atoms with Crippen LogP contribution in [-0.4, -0.2) is 35.4 Å². The molecule has 0 aliphatic carbocycles. The van der Waals surface area contributed by atoms with E-state index in [-0.39, 0.29) is 11.8 Å². The molecule has 3 rings (SSSR count). The van der Waals surface area contributed by atoms with Gasteiger partial charge in [0.2, 0.25) is 5.91 Å². The highest BCUT2D eigenvalue weighted by Gasteiger charge is 2.09. The van der Waals surface area contributed by atoms with E-state index in [2.05, 4.69) is 25.5 Å². The third kappa shape index (κ3) is 5.87. The van der Waals surface area contributed by atoms with Crippen LogP contribution < -0.4 is 15.5 Å². The first-order valence-corrected chi connectivity index (χ1v) is 9.26. The second-order valence-corrected chi connectivity index (χ2v) is 6.64. The Hall–Kier alpha value is -3.74. The van der Waals surface area contributed by atoms with E-state index in [1.54, 1.807) is 48.9 Å². The number of benzene rings is 1.